The van der Waals surface area contributed by atoms with E-state index in [1.807, 2.05) is 12.1 Å². The summed E-state index contributed by atoms with van der Waals surface area (Å²) in [6.07, 6.45) is 1.83. The van der Waals surface area contributed by atoms with Crippen molar-refractivity contribution in [3.63, 3.8) is 0 Å². The van der Waals surface area contributed by atoms with E-state index in [9.17, 15) is 4.79 Å². The summed E-state index contributed by atoms with van der Waals surface area (Å²) in [4.78, 5) is 11.3. The number of fused-ring (bicyclic) bond motifs is 1. The van der Waals surface area contributed by atoms with E-state index in [0.29, 0.717) is 0 Å². The summed E-state index contributed by atoms with van der Waals surface area (Å²) in [5.74, 6) is 0. The van der Waals surface area contributed by atoms with Gasteiger partial charge in [-0.3, -0.25) is 4.79 Å². The van der Waals surface area contributed by atoms with Gasteiger partial charge in [0.2, 0.25) is 0 Å². The summed E-state index contributed by atoms with van der Waals surface area (Å²) >= 11 is 7.59. The highest BCUT2D eigenvalue weighted by molar-refractivity contribution is 7.20. The number of carbonyl (C=O) groups excluding carboxylic acids is 1. The molecule has 3 heteroatoms. The van der Waals surface area contributed by atoms with Crippen molar-refractivity contribution < 1.29 is 4.79 Å². The van der Waals surface area contributed by atoms with Crippen molar-refractivity contribution in [2.45, 2.75) is 13.3 Å². The van der Waals surface area contributed by atoms with Gasteiger partial charge in [-0.1, -0.05) is 18.5 Å². The maximum absolute atomic E-state index is 10.6. The van der Waals surface area contributed by atoms with Gasteiger partial charge in [-0.15, -0.1) is 11.3 Å². The van der Waals surface area contributed by atoms with Gasteiger partial charge >= 0.3 is 0 Å². The molecule has 1 aromatic carbocycles. The van der Waals surface area contributed by atoms with Crippen LogP contribution in [0.2, 0.25) is 5.02 Å². The molecule has 2 aromatic rings. The lowest BCUT2D eigenvalue weighted by atomic mass is 10.1. The largest absolute Gasteiger partial charge is 0.297 e. The highest BCUT2D eigenvalue weighted by Gasteiger charge is 2.05. The number of hydrogen-bond acceptors (Lipinski definition) is 2. The number of thiophene rings is 1. The molecule has 0 fully saturated rings. The Morgan fingerprint density at radius 1 is 1.43 bits per heavy atom. The Kier molecular flexibility index (Phi) is 2.57. The minimum absolute atomic E-state index is 0.732. The van der Waals surface area contributed by atoms with E-state index in [-0.39, 0.29) is 0 Å². The number of benzene rings is 1. The van der Waals surface area contributed by atoms with Crippen LogP contribution in [0.3, 0.4) is 0 Å². The highest BCUT2D eigenvalue weighted by atomic mass is 35.5. The van der Waals surface area contributed by atoms with Crippen LogP contribution in [-0.4, -0.2) is 6.29 Å². The Bertz CT molecular complexity index is 487. The number of rotatable bonds is 2. The summed E-state index contributed by atoms with van der Waals surface area (Å²) < 4.78 is 1.09. The van der Waals surface area contributed by atoms with E-state index in [2.05, 4.69) is 13.0 Å². The third-order valence-electron chi connectivity index (χ3n) is 2.19. The van der Waals surface area contributed by atoms with Gasteiger partial charge in [0, 0.05) is 15.1 Å². The van der Waals surface area contributed by atoms with Gasteiger partial charge < -0.3 is 0 Å². The molecule has 0 unspecified atom stereocenters. The van der Waals surface area contributed by atoms with Crippen molar-refractivity contribution in [2.24, 2.45) is 0 Å². The van der Waals surface area contributed by atoms with E-state index in [1.54, 1.807) is 0 Å². The molecule has 0 atom stereocenters. The average Bonchev–Trinajstić information content (AvgIpc) is 2.61. The first-order chi connectivity index (χ1) is 6.74. The van der Waals surface area contributed by atoms with Crippen LogP contribution < -0.4 is 0 Å². The maximum Gasteiger partial charge on any atom is 0.160 e. The van der Waals surface area contributed by atoms with Crippen molar-refractivity contribution in [1.29, 1.82) is 0 Å². The molecule has 0 saturated heterocycles. The number of aryl methyl sites for hydroxylation is 1. The summed E-state index contributed by atoms with van der Waals surface area (Å²) in [5.41, 5.74) is 1.21. The van der Waals surface area contributed by atoms with E-state index >= 15 is 0 Å². The molecule has 0 aliphatic heterocycles. The molecule has 0 bridgehead atoms. The first kappa shape index (κ1) is 9.69. The summed E-state index contributed by atoms with van der Waals surface area (Å²) in [7, 11) is 0. The van der Waals surface area contributed by atoms with Crippen molar-refractivity contribution in [2.75, 3.05) is 0 Å². The molecule has 0 N–H and O–H groups in total. The van der Waals surface area contributed by atoms with Gasteiger partial charge in [0.25, 0.3) is 0 Å². The molecule has 0 saturated carbocycles. The van der Waals surface area contributed by atoms with Crippen LogP contribution in [-0.2, 0) is 6.42 Å². The molecule has 72 valence electrons. The fourth-order valence-electron chi connectivity index (χ4n) is 1.43. The summed E-state index contributed by atoms with van der Waals surface area (Å²) in [6, 6.07) is 5.90. The topological polar surface area (TPSA) is 17.1 Å². The second-order valence-electron chi connectivity index (χ2n) is 3.11. The van der Waals surface area contributed by atoms with Crippen LogP contribution in [0, 0.1) is 0 Å². The van der Waals surface area contributed by atoms with Gasteiger partial charge in [0.1, 0.15) is 0 Å². The predicted octanol–water partition coefficient (Wildman–Crippen LogP) is 3.93. The quantitative estimate of drug-likeness (QED) is 0.707. The fourth-order valence-corrected chi connectivity index (χ4v) is 2.75. The summed E-state index contributed by atoms with van der Waals surface area (Å²) in [6.45, 7) is 2.09. The van der Waals surface area contributed by atoms with Crippen molar-refractivity contribution in [3.05, 3.63) is 33.7 Å². The Morgan fingerprint density at radius 2 is 2.21 bits per heavy atom. The second-order valence-corrected chi connectivity index (χ2v) is 4.63. The third kappa shape index (κ3) is 1.56. The lowest BCUT2D eigenvalue weighted by molar-refractivity contribution is 0.112. The molecule has 0 aliphatic rings. The first-order valence-electron chi connectivity index (χ1n) is 4.41. The Morgan fingerprint density at radius 3 is 2.86 bits per heavy atom. The lowest BCUT2D eigenvalue weighted by Gasteiger charge is -1.98. The highest BCUT2D eigenvalue weighted by Crippen LogP contribution is 2.31. The Labute approximate surface area is 91.3 Å². The van der Waals surface area contributed by atoms with Gasteiger partial charge in [-0.05, 0) is 30.2 Å². The van der Waals surface area contributed by atoms with E-state index < -0.39 is 0 Å². The number of carbonyl (C=O) groups is 1. The van der Waals surface area contributed by atoms with Crippen molar-refractivity contribution in [3.8, 4) is 0 Å². The maximum atomic E-state index is 10.6. The van der Waals surface area contributed by atoms with Crippen LogP contribution in [0.5, 0.6) is 0 Å². The van der Waals surface area contributed by atoms with E-state index in [4.69, 9.17) is 11.6 Å². The molecule has 1 aromatic heterocycles. The van der Waals surface area contributed by atoms with Crippen LogP contribution in [0.4, 0.5) is 0 Å². The first-order valence-corrected chi connectivity index (χ1v) is 5.61. The molecule has 1 nitrogen and oxygen atoms in total. The molecule has 0 radical (unpaired) electrons. The molecule has 0 amide bonds. The standard InChI is InChI=1S/C11H9ClOS/c1-2-7-3-10(12)9-5-8(6-13)14-11(9)4-7/h3-6H,2H2,1H3. The lowest BCUT2D eigenvalue weighted by Crippen LogP contribution is -1.78. The fraction of sp³-hybridized carbons (Fsp3) is 0.182. The molecule has 0 spiro atoms. The molecule has 0 aliphatic carbocycles. The second kappa shape index (κ2) is 3.71. The van der Waals surface area contributed by atoms with Crippen LogP contribution in [0.15, 0.2) is 18.2 Å². The molecular weight excluding hydrogens is 216 g/mol. The summed E-state index contributed by atoms with van der Waals surface area (Å²) in [5, 5.41) is 1.72. The normalized spacial score (nSPS) is 10.7. The minimum atomic E-state index is 0.732. The molecule has 1 heterocycles. The molecule has 2 rings (SSSR count). The van der Waals surface area contributed by atoms with Gasteiger partial charge in [-0.25, -0.2) is 0 Å². The molecular formula is C11H9ClOS. The molecule has 14 heavy (non-hydrogen) atoms. The van der Waals surface area contributed by atoms with Crippen LogP contribution in [0.1, 0.15) is 22.2 Å². The van der Waals surface area contributed by atoms with E-state index in [1.165, 1.54) is 16.9 Å². The third-order valence-corrected chi connectivity index (χ3v) is 3.51. The van der Waals surface area contributed by atoms with Gasteiger partial charge in [0.05, 0.1) is 4.88 Å². The number of halogens is 1. The van der Waals surface area contributed by atoms with Crippen molar-refractivity contribution >= 4 is 39.3 Å². The SMILES string of the molecule is CCc1cc(Cl)c2cc(C=O)sc2c1. The zero-order valence-corrected chi connectivity index (χ0v) is 9.28. The van der Waals surface area contributed by atoms with Gasteiger partial charge in [0.15, 0.2) is 6.29 Å². The van der Waals surface area contributed by atoms with Crippen molar-refractivity contribution in [1.82, 2.24) is 0 Å². The zero-order valence-electron chi connectivity index (χ0n) is 7.71. The number of hydrogen-bond donors (Lipinski definition) is 0. The smallest absolute Gasteiger partial charge is 0.160 e. The monoisotopic (exact) mass is 224 g/mol. The van der Waals surface area contributed by atoms with Gasteiger partial charge in [-0.2, -0.15) is 0 Å². The van der Waals surface area contributed by atoms with Crippen LogP contribution in [0.25, 0.3) is 10.1 Å². The number of aldehydes is 1. The minimum Gasteiger partial charge on any atom is -0.297 e. The average molecular weight is 225 g/mol. The van der Waals surface area contributed by atoms with E-state index in [0.717, 1.165) is 32.7 Å². The van der Waals surface area contributed by atoms with Crippen LogP contribution >= 0.6 is 22.9 Å². The zero-order chi connectivity index (χ0) is 10.1. The predicted molar refractivity (Wildman–Crippen MR) is 61.6 cm³/mol. The Hall–Kier alpha value is -0.860. The Balaban J connectivity index is 2.73.